The van der Waals surface area contributed by atoms with Gasteiger partial charge < -0.3 is 15.1 Å². The maximum Gasteiger partial charge on any atom is 0.368 e. The first-order valence-corrected chi connectivity index (χ1v) is 8.37. The second-order valence-electron chi connectivity index (χ2n) is 6.15. The Morgan fingerprint density at radius 3 is 2.59 bits per heavy atom. The van der Waals surface area contributed by atoms with Crippen LogP contribution in [-0.2, 0) is 11.3 Å². The van der Waals surface area contributed by atoms with Gasteiger partial charge in [0.1, 0.15) is 6.54 Å². The number of carbonyl (C=O) groups is 2. The second kappa shape index (κ2) is 6.90. The minimum absolute atomic E-state index is 0.174. The molecule has 1 saturated carbocycles. The van der Waals surface area contributed by atoms with E-state index in [1.54, 1.807) is 36.4 Å². The van der Waals surface area contributed by atoms with Gasteiger partial charge in [0.05, 0.1) is 12.0 Å². The molecule has 3 aromatic rings. The normalized spacial score (nSPS) is 13.3. The fourth-order valence-corrected chi connectivity index (χ4v) is 2.46. The van der Waals surface area contributed by atoms with Gasteiger partial charge in [-0.1, -0.05) is 0 Å². The molecule has 10 nitrogen and oxygen atoms in total. The zero-order valence-corrected chi connectivity index (χ0v) is 14.2. The third kappa shape index (κ3) is 3.78. The molecule has 0 atom stereocenters. The van der Waals surface area contributed by atoms with Gasteiger partial charge in [-0.15, -0.1) is 0 Å². The lowest BCUT2D eigenvalue weighted by Gasteiger charge is -2.04. The maximum absolute atomic E-state index is 12.4. The lowest BCUT2D eigenvalue weighted by atomic mass is 10.2. The molecule has 0 unspecified atom stereocenters. The first kappa shape index (κ1) is 16.8. The molecule has 0 bridgehead atoms. The molecule has 2 amide bonds. The number of nitrogens with one attached hydrogen (secondary N) is 2. The van der Waals surface area contributed by atoms with E-state index in [0.717, 1.165) is 22.2 Å². The average molecular weight is 368 g/mol. The van der Waals surface area contributed by atoms with E-state index in [1.807, 2.05) is 0 Å². The highest BCUT2D eigenvalue weighted by Crippen LogP contribution is 2.18. The summed E-state index contributed by atoms with van der Waals surface area (Å²) in [7, 11) is 0. The van der Waals surface area contributed by atoms with E-state index in [1.165, 1.54) is 6.26 Å². The number of hydrogen-bond acceptors (Lipinski definition) is 6. The third-order valence-electron chi connectivity index (χ3n) is 3.99. The van der Waals surface area contributed by atoms with Crippen LogP contribution in [-0.4, -0.2) is 37.6 Å². The Kier molecular flexibility index (Phi) is 4.29. The summed E-state index contributed by atoms with van der Waals surface area (Å²) < 4.78 is 7.12. The van der Waals surface area contributed by atoms with Crippen molar-refractivity contribution in [2.45, 2.75) is 25.4 Å². The van der Waals surface area contributed by atoms with E-state index < -0.39 is 5.69 Å². The van der Waals surface area contributed by atoms with Crippen LogP contribution in [0.1, 0.15) is 23.4 Å². The van der Waals surface area contributed by atoms with Crippen molar-refractivity contribution in [2.75, 3.05) is 5.32 Å². The maximum atomic E-state index is 12.4. The molecule has 0 saturated heterocycles. The SMILES string of the molecule is O=C(Cn1nnn(-c2ccc(NC(=O)c3ccco3)cc2)c1=O)NC1CC1. The topological polar surface area (TPSA) is 124 Å². The smallest absolute Gasteiger partial charge is 0.368 e. The molecule has 10 heteroatoms. The van der Waals surface area contributed by atoms with E-state index >= 15 is 0 Å². The number of anilines is 1. The Balaban J connectivity index is 1.45. The Labute approximate surface area is 152 Å². The fraction of sp³-hybridized carbons (Fsp3) is 0.235. The molecule has 1 fully saturated rings. The highest BCUT2D eigenvalue weighted by atomic mass is 16.3. The molecule has 1 aromatic carbocycles. The van der Waals surface area contributed by atoms with Crippen molar-refractivity contribution in [3.05, 3.63) is 58.9 Å². The van der Waals surface area contributed by atoms with Crippen molar-refractivity contribution in [3.8, 4) is 5.69 Å². The summed E-state index contributed by atoms with van der Waals surface area (Å²) in [5.74, 6) is -0.442. The van der Waals surface area contributed by atoms with Crippen molar-refractivity contribution < 1.29 is 14.0 Å². The van der Waals surface area contributed by atoms with Crippen molar-refractivity contribution in [3.63, 3.8) is 0 Å². The molecule has 2 aromatic heterocycles. The Morgan fingerprint density at radius 2 is 1.93 bits per heavy atom. The number of hydrogen-bond donors (Lipinski definition) is 2. The van der Waals surface area contributed by atoms with Crippen molar-refractivity contribution in [1.82, 2.24) is 25.1 Å². The van der Waals surface area contributed by atoms with Gasteiger partial charge in [0.2, 0.25) is 5.91 Å². The second-order valence-corrected chi connectivity index (χ2v) is 6.15. The number of aromatic nitrogens is 4. The summed E-state index contributed by atoms with van der Waals surface area (Å²) in [6, 6.07) is 9.88. The van der Waals surface area contributed by atoms with Gasteiger partial charge in [0.25, 0.3) is 5.91 Å². The quantitative estimate of drug-likeness (QED) is 0.655. The van der Waals surface area contributed by atoms with E-state index in [0.29, 0.717) is 11.4 Å². The van der Waals surface area contributed by atoms with Gasteiger partial charge >= 0.3 is 5.69 Å². The van der Waals surface area contributed by atoms with Crippen LogP contribution in [0.3, 0.4) is 0 Å². The van der Waals surface area contributed by atoms with Gasteiger partial charge in [-0.05, 0) is 59.7 Å². The molecular formula is C17H16N6O4. The molecular weight excluding hydrogens is 352 g/mol. The van der Waals surface area contributed by atoms with E-state index in [2.05, 4.69) is 21.1 Å². The molecule has 2 heterocycles. The minimum atomic E-state index is -0.520. The summed E-state index contributed by atoms with van der Waals surface area (Å²) in [6.07, 6.45) is 3.35. The van der Waals surface area contributed by atoms with Gasteiger partial charge in [0.15, 0.2) is 5.76 Å². The predicted octanol–water partition coefficient (Wildman–Crippen LogP) is 0.553. The number of amides is 2. The third-order valence-corrected chi connectivity index (χ3v) is 3.99. The first-order valence-electron chi connectivity index (χ1n) is 8.37. The van der Waals surface area contributed by atoms with Crippen LogP contribution >= 0.6 is 0 Å². The summed E-state index contributed by atoms with van der Waals surface area (Å²) in [6.45, 7) is -0.174. The van der Waals surface area contributed by atoms with Gasteiger partial charge in [-0.25, -0.2) is 4.79 Å². The Morgan fingerprint density at radius 1 is 1.15 bits per heavy atom. The molecule has 1 aliphatic rings. The molecule has 0 spiro atoms. The molecule has 1 aliphatic carbocycles. The lowest BCUT2D eigenvalue weighted by molar-refractivity contribution is -0.122. The van der Waals surface area contributed by atoms with Crippen LogP contribution in [0.4, 0.5) is 5.69 Å². The Hall–Kier alpha value is -3.69. The summed E-state index contributed by atoms with van der Waals surface area (Å²) >= 11 is 0. The molecule has 27 heavy (non-hydrogen) atoms. The summed E-state index contributed by atoms with van der Waals surface area (Å²) in [4.78, 5) is 36.1. The van der Waals surface area contributed by atoms with Crippen LogP contribution in [0.5, 0.6) is 0 Å². The monoisotopic (exact) mass is 368 g/mol. The number of carbonyl (C=O) groups excluding carboxylic acids is 2. The van der Waals surface area contributed by atoms with Crippen LogP contribution in [0.15, 0.2) is 51.9 Å². The molecule has 4 rings (SSSR count). The van der Waals surface area contributed by atoms with Crippen LogP contribution in [0.2, 0.25) is 0 Å². The van der Waals surface area contributed by atoms with E-state index in [-0.39, 0.29) is 30.2 Å². The van der Waals surface area contributed by atoms with Gasteiger partial charge in [-0.2, -0.15) is 9.36 Å². The minimum Gasteiger partial charge on any atom is -0.459 e. The summed E-state index contributed by atoms with van der Waals surface area (Å²) in [5, 5.41) is 13.0. The van der Waals surface area contributed by atoms with E-state index in [9.17, 15) is 14.4 Å². The highest BCUT2D eigenvalue weighted by Gasteiger charge is 2.24. The van der Waals surface area contributed by atoms with Crippen molar-refractivity contribution in [1.29, 1.82) is 0 Å². The molecule has 0 radical (unpaired) electrons. The number of tetrazole rings is 1. The first-order chi connectivity index (χ1) is 13.1. The van der Waals surface area contributed by atoms with Gasteiger partial charge in [-0.3, -0.25) is 9.59 Å². The fourth-order valence-electron chi connectivity index (χ4n) is 2.46. The lowest BCUT2D eigenvalue weighted by Crippen LogP contribution is -2.34. The largest absolute Gasteiger partial charge is 0.459 e. The van der Waals surface area contributed by atoms with Gasteiger partial charge in [0, 0.05) is 11.7 Å². The number of nitrogens with zero attached hydrogens (tertiary/aromatic N) is 4. The van der Waals surface area contributed by atoms with Crippen LogP contribution < -0.4 is 16.3 Å². The number of furan rings is 1. The number of benzene rings is 1. The zero-order valence-electron chi connectivity index (χ0n) is 14.2. The number of rotatable bonds is 6. The zero-order chi connectivity index (χ0) is 18.8. The van der Waals surface area contributed by atoms with Crippen molar-refractivity contribution >= 4 is 17.5 Å². The van der Waals surface area contributed by atoms with Crippen molar-refractivity contribution in [2.24, 2.45) is 0 Å². The molecule has 2 N–H and O–H groups in total. The average Bonchev–Trinajstić information content (AvgIpc) is 3.16. The highest BCUT2D eigenvalue weighted by molar-refractivity contribution is 6.02. The molecule has 138 valence electrons. The molecule has 0 aliphatic heterocycles. The standard InChI is InChI=1S/C17H16N6O4/c24-15(18-11-3-4-11)10-22-17(26)23(21-20-22)13-7-5-12(6-8-13)19-16(25)14-2-1-9-27-14/h1-2,5-9,11H,3-4,10H2,(H,18,24)(H,19,25). The predicted molar refractivity (Wildman–Crippen MR) is 93.4 cm³/mol. The van der Waals surface area contributed by atoms with Crippen LogP contribution in [0, 0.1) is 0 Å². The van der Waals surface area contributed by atoms with E-state index in [4.69, 9.17) is 4.42 Å². The summed E-state index contributed by atoms with van der Waals surface area (Å²) in [5.41, 5.74) is 0.475. The Bertz CT molecular complexity index is 1010. The van der Waals surface area contributed by atoms with Crippen LogP contribution in [0.25, 0.3) is 5.69 Å².